The fraction of sp³-hybridized carbons (Fsp3) is 0.385. The topological polar surface area (TPSA) is 58.2 Å². The number of carbonyl (C=O) groups is 2. The molecule has 0 spiro atoms. The van der Waals surface area contributed by atoms with Crippen LogP contribution < -0.4 is 10.6 Å². The number of rotatable bonds is 5. The predicted molar refractivity (Wildman–Crippen MR) is 74.8 cm³/mol. The number of nitrogens with one attached hydrogen (secondary N) is 2. The first kappa shape index (κ1) is 17.5. The van der Waals surface area contributed by atoms with Crippen molar-refractivity contribution in [3.63, 3.8) is 0 Å². The number of halogens is 4. The van der Waals surface area contributed by atoms with Gasteiger partial charge in [-0.15, -0.1) is 0 Å². The summed E-state index contributed by atoms with van der Waals surface area (Å²) in [7, 11) is 0. The zero-order valence-electron chi connectivity index (χ0n) is 11.2. The van der Waals surface area contributed by atoms with Crippen molar-refractivity contribution < 1.29 is 22.8 Å². The molecule has 0 unspecified atom stereocenters. The molecular weight excluding hydrogens is 353 g/mol. The van der Waals surface area contributed by atoms with Gasteiger partial charge in [0.1, 0.15) is 0 Å². The number of amides is 2. The highest BCUT2D eigenvalue weighted by atomic mass is 79.9. The molecule has 0 radical (unpaired) electrons. The molecule has 0 saturated heterocycles. The minimum absolute atomic E-state index is 0.0114. The molecule has 0 aromatic heterocycles. The summed E-state index contributed by atoms with van der Waals surface area (Å²) in [4.78, 5) is 23.0. The molecule has 21 heavy (non-hydrogen) atoms. The van der Waals surface area contributed by atoms with Crippen LogP contribution in [0, 0.1) is 0 Å². The first-order chi connectivity index (χ1) is 9.75. The largest absolute Gasteiger partial charge is 0.417 e. The molecule has 4 nitrogen and oxygen atoms in total. The van der Waals surface area contributed by atoms with Gasteiger partial charge in [-0.05, 0) is 25.1 Å². The molecule has 0 atom stereocenters. The van der Waals surface area contributed by atoms with Crippen LogP contribution in [0.3, 0.4) is 0 Å². The van der Waals surface area contributed by atoms with E-state index in [1.165, 1.54) is 6.07 Å². The molecule has 8 heteroatoms. The number of alkyl halides is 3. The van der Waals surface area contributed by atoms with E-state index in [1.807, 2.05) is 0 Å². The fourth-order valence-corrected chi connectivity index (χ4v) is 1.98. The highest BCUT2D eigenvalue weighted by Crippen LogP contribution is 2.33. The van der Waals surface area contributed by atoms with Crippen LogP contribution in [0.1, 0.15) is 29.3 Å². The Balaban J connectivity index is 2.77. The van der Waals surface area contributed by atoms with Crippen LogP contribution in [-0.2, 0) is 11.0 Å². The SMILES string of the molecule is CCNC(=O)CCNC(=O)c1ccc(Br)cc1C(F)(F)F. The molecule has 1 aromatic rings. The monoisotopic (exact) mass is 366 g/mol. The molecule has 0 aliphatic heterocycles. The van der Waals surface area contributed by atoms with Crippen LogP contribution in [-0.4, -0.2) is 24.9 Å². The second-order valence-corrected chi connectivity index (χ2v) is 5.06. The minimum atomic E-state index is -4.63. The number of carbonyl (C=O) groups excluding carboxylic acids is 2. The molecule has 2 N–H and O–H groups in total. The molecule has 0 fully saturated rings. The maximum Gasteiger partial charge on any atom is 0.417 e. The zero-order valence-corrected chi connectivity index (χ0v) is 12.8. The van der Waals surface area contributed by atoms with Crippen LogP contribution >= 0.6 is 15.9 Å². The summed E-state index contributed by atoms with van der Waals surface area (Å²) in [5.41, 5.74) is -1.49. The van der Waals surface area contributed by atoms with Crippen molar-refractivity contribution in [2.75, 3.05) is 13.1 Å². The fourth-order valence-electron chi connectivity index (χ4n) is 1.62. The number of hydrogen-bond donors (Lipinski definition) is 2. The average molecular weight is 367 g/mol. The maximum absolute atomic E-state index is 12.9. The van der Waals surface area contributed by atoms with Crippen molar-refractivity contribution >= 4 is 27.7 Å². The van der Waals surface area contributed by atoms with Gasteiger partial charge in [0.05, 0.1) is 11.1 Å². The molecular formula is C13H14BrF3N2O2. The summed E-state index contributed by atoms with van der Waals surface area (Å²) in [5, 5.41) is 4.83. The summed E-state index contributed by atoms with van der Waals surface area (Å²) >= 11 is 2.94. The third-order valence-electron chi connectivity index (χ3n) is 2.54. The predicted octanol–water partition coefficient (Wildman–Crippen LogP) is 2.72. The van der Waals surface area contributed by atoms with Gasteiger partial charge in [-0.2, -0.15) is 13.2 Å². The molecule has 1 rings (SSSR count). The van der Waals surface area contributed by atoms with Crippen LogP contribution in [0.25, 0.3) is 0 Å². The minimum Gasteiger partial charge on any atom is -0.356 e. The maximum atomic E-state index is 12.9. The molecule has 0 saturated carbocycles. The van der Waals surface area contributed by atoms with E-state index >= 15 is 0 Å². The first-order valence-electron chi connectivity index (χ1n) is 6.17. The summed E-state index contributed by atoms with van der Waals surface area (Å²) in [6, 6.07) is 3.29. The van der Waals surface area contributed by atoms with Gasteiger partial charge in [0.2, 0.25) is 5.91 Å². The third-order valence-corrected chi connectivity index (χ3v) is 3.04. The lowest BCUT2D eigenvalue weighted by Gasteiger charge is -2.13. The summed E-state index contributed by atoms with van der Waals surface area (Å²) in [5.74, 6) is -1.14. The smallest absolute Gasteiger partial charge is 0.356 e. The Morgan fingerprint density at radius 3 is 2.48 bits per heavy atom. The zero-order chi connectivity index (χ0) is 16.0. The first-order valence-corrected chi connectivity index (χ1v) is 6.96. The molecule has 0 heterocycles. The van der Waals surface area contributed by atoms with Crippen molar-refractivity contribution in [3.8, 4) is 0 Å². The number of hydrogen-bond acceptors (Lipinski definition) is 2. The van der Waals surface area contributed by atoms with Gasteiger partial charge in [-0.25, -0.2) is 0 Å². The Bertz CT molecular complexity index is 533. The van der Waals surface area contributed by atoms with Gasteiger partial charge in [-0.1, -0.05) is 15.9 Å². The average Bonchev–Trinajstić information content (AvgIpc) is 2.37. The summed E-state index contributed by atoms with van der Waals surface area (Å²) in [6.45, 7) is 2.17. The standard InChI is InChI=1S/C13H14BrF3N2O2/c1-2-18-11(20)5-6-19-12(21)9-4-3-8(14)7-10(9)13(15,16)17/h3-4,7H,2,5-6H2,1H3,(H,18,20)(H,19,21). The van der Waals surface area contributed by atoms with E-state index in [1.54, 1.807) is 6.92 Å². The molecule has 0 aliphatic rings. The van der Waals surface area contributed by atoms with Crippen LogP contribution in [0.15, 0.2) is 22.7 Å². The van der Waals surface area contributed by atoms with E-state index in [2.05, 4.69) is 26.6 Å². The van der Waals surface area contributed by atoms with E-state index in [0.29, 0.717) is 6.54 Å². The Hall–Kier alpha value is -1.57. The summed E-state index contributed by atoms with van der Waals surface area (Å²) in [6.07, 6.45) is -4.62. The summed E-state index contributed by atoms with van der Waals surface area (Å²) < 4.78 is 38.9. The quantitative estimate of drug-likeness (QED) is 0.841. The molecule has 2 amide bonds. The van der Waals surface area contributed by atoms with E-state index in [-0.39, 0.29) is 23.3 Å². The third kappa shape index (κ3) is 5.37. The Kier molecular flexibility index (Phi) is 6.19. The van der Waals surface area contributed by atoms with E-state index in [9.17, 15) is 22.8 Å². The Labute approximate surface area is 128 Å². The second-order valence-electron chi connectivity index (χ2n) is 4.15. The van der Waals surface area contributed by atoms with Gasteiger partial charge in [-0.3, -0.25) is 9.59 Å². The Morgan fingerprint density at radius 2 is 1.90 bits per heavy atom. The van der Waals surface area contributed by atoms with Crippen molar-refractivity contribution in [1.82, 2.24) is 10.6 Å². The van der Waals surface area contributed by atoms with Crippen molar-refractivity contribution in [1.29, 1.82) is 0 Å². The van der Waals surface area contributed by atoms with Crippen molar-refractivity contribution in [3.05, 3.63) is 33.8 Å². The van der Waals surface area contributed by atoms with Crippen LogP contribution in [0.4, 0.5) is 13.2 Å². The normalized spacial score (nSPS) is 11.1. The lowest BCUT2D eigenvalue weighted by atomic mass is 10.1. The van der Waals surface area contributed by atoms with E-state index in [4.69, 9.17) is 0 Å². The molecule has 0 bridgehead atoms. The second kappa shape index (κ2) is 7.44. The molecule has 0 aliphatic carbocycles. The Morgan fingerprint density at radius 1 is 1.24 bits per heavy atom. The van der Waals surface area contributed by atoms with E-state index in [0.717, 1.165) is 12.1 Å². The lowest BCUT2D eigenvalue weighted by Crippen LogP contribution is -2.31. The highest BCUT2D eigenvalue weighted by molar-refractivity contribution is 9.10. The van der Waals surface area contributed by atoms with Gasteiger partial charge in [0.25, 0.3) is 5.91 Å². The van der Waals surface area contributed by atoms with Gasteiger partial charge in [0.15, 0.2) is 0 Å². The van der Waals surface area contributed by atoms with Crippen LogP contribution in [0.2, 0.25) is 0 Å². The van der Waals surface area contributed by atoms with Crippen LogP contribution in [0.5, 0.6) is 0 Å². The lowest BCUT2D eigenvalue weighted by molar-refractivity contribution is -0.138. The molecule has 116 valence electrons. The highest BCUT2D eigenvalue weighted by Gasteiger charge is 2.35. The van der Waals surface area contributed by atoms with E-state index < -0.39 is 23.2 Å². The van der Waals surface area contributed by atoms with Crippen molar-refractivity contribution in [2.24, 2.45) is 0 Å². The molecule has 1 aromatic carbocycles. The van der Waals surface area contributed by atoms with Gasteiger partial charge < -0.3 is 10.6 Å². The van der Waals surface area contributed by atoms with Gasteiger partial charge >= 0.3 is 6.18 Å². The van der Waals surface area contributed by atoms with Crippen molar-refractivity contribution in [2.45, 2.75) is 19.5 Å². The number of benzene rings is 1. The van der Waals surface area contributed by atoms with Gasteiger partial charge in [0, 0.05) is 24.0 Å².